The number of nitrogens with two attached hydrogens (primary N) is 1. The standard InChI is InChI=1S/C12H17N/c1-5-12(4,13)11-7-6-9(2)10(3)8-11/h5-8H,1,13H2,2-4H3. The molecule has 0 saturated heterocycles. The Morgan fingerprint density at radius 2 is 1.92 bits per heavy atom. The van der Waals surface area contributed by atoms with Gasteiger partial charge < -0.3 is 5.73 Å². The first kappa shape index (κ1) is 10.0. The SMILES string of the molecule is C=CC(C)(N)c1ccc(C)c(C)c1. The Morgan fingerprint density at radius 3 is 2.38 bits per heavy atom. The number of aryl methyl sites for hydroxylation is 2. The molecule has 0 bridgehead atoms. The van der Waals surface area contributed by atoms with E-state index in [1.807, 2.05) is 6.92 Å². The molecule has 0 radical (unpaired) electrons. The van der Waals surface area contributed by atoms with Gasteiger partial charge in [-0.15, -0.1) is 6.58 Å². The molecule has 0 aliphatic heterocycles. The summed E-state index contributed by atoms with van der Waals surface area (Å²) in [5, 5.41) is 0. The van der Waals surface area contributed by atoms with Gasteiger partial charge >= 0.3 is 0 Å². The molecule has 1 nitrogen and oxygen atoms in total. The lowest BCUT2D eigenvalue weighted by Crippen LogP contribution is -2.30. The second-order valence-electron chi connectivity index (χ2n) is 3.79. The van der Waals surface area contributed by atoms with E-state index in [0.717, 1.165) is 5.56 Å². The second kappa shape index (κ2) is 3.35. The Balaban J connectivity index is 3.18. The number of rotatable bonds is 2. The molecule has 1 rings (SSSR count). The fourth-order valence-corrected chi connectivity index (χ4v) is 1.19. The Labute approximate surface area is 80.3 Å². The lowest BCUT2D eigenvalue weighted by Gasteiger charge is -2.21. The fraction of sp³-hybridized carbons (Fsp3) is 0.333. The van der Waals surface area contributed by atoms with E-state index in [4.69, 9.17) is 5.73 Å². The molecule has 0 aromatic heterocycles. The van der Waals surface area contributed by atoms with Gasteiger partial charge in [-0.05, 0) is 37.5 Å². The summed E-state index contributed by atoms with van der Waals surface area (Å²) in [7, 11) is 0. The molecule has 0 amide bonds. The molecule has 1 heteroatoms. The molecule has 70 valence electrons. The second-order valence-corrected chi connectivity index (χ2v) is 3.79. The summed E-state index contributed by atoms with van der Waals surface area (Å²) in [6.45, 7) is 9.89. The lowest BCUT2D eigenvalue weighted by atomic mass is 9.91. The van der Waals surface area contributed by atoms with Crippen LogP contribution in [0.2, 0.25) is 0 Å². The zero-order valence-electron chi connectivity index (χ0n) is 8.59. The van der Waals surface area contributed by atoms with Crippen molar-refractivity contribution in [3.63, 3.8) is 0 Å². The molecule has 1 aromatic carbocycles. The zero-order valence-corrected chi connectivity index (χ0v) is 8.59. The maximum absolute atomic E-state index is 6.04. The molecular formula is C12H17N. The molecule has 13 heavy (non-hydrogen) atoms. The number of benzene rings is 1. The normalized spacial score (nSPS) is 15.1. The highest BCUT2D eigenvalue weighted by atomic mass is 14.7. The third-order valence-electron chi connectivity index (χ3n) is 2.55. The van der Waals surface area contributed by atoms with Gasteiger partial charge in [-0.1, -0.05) is 24.3 Å². The van der Waals surface area contributed by atoms with Gasteiger partial charge in [0.1, 0.15) is 0 Å². The minimum atomic E-state index is -0.418. The van der Waals surface area contributed by atoms with Crippen LogP contribution in [0.15, 0.2) is 30.9 Å². The van der Waals surface area contributed by atoms with E-state index in [2.05, 4.69) is 38.6 Å². The van der Waals surface area contributed by atoms with Gasteiger partial charge in [-0.25, -0.2) is 0 Å². The monoisotopic (exact) mass is 175 g/mol. The van der Waals surface area contributed by atoms with Gasteiger partial charge in [0.15, 0.2) is 0 Å². The van der Waals surface area contributed by atoms with Crippen molar-refractivity contribution in [3.8, 4) is 0 Å². The number of hydrogen-bond donors (Lipinski definition) is 1. The average molecular weight is 175 g/mol. The van der Waals surface area contributed by atoms with Crippen molar-refractivity contribution in [2.24, 2.45) is 5.73 Å². The molecule has 0 spiro atoms. The lowest BCUT2D eigenvalue weighted by molar-refractivity contribution is 0.631. The molecular weight excluding hydrogens is 158 g/mol. The van der Waals surface area contributed by atoms with E-state index in [1.165, 1.54) is 11.1 Å². The van der Waals surface area contributed by atoms with Crippen LogP contribution in [0.5, 0.6) is 0 Å². The van der Waals surface area contributed by atoms with Crippen molar-refractivity contribution in [3.05, 3.63) is 47.5 Å². The molecule has 1 unspecified atom stereocenters. The van der Waals surface area contributed by atoms with Crippen molar-refractivity contribution >= 4 is 0 Å². The first-order chi connectivity index (χ1) is 5.97. The van der Waals surface area contributed by atoms with Crippen LogP contribution in [0.1, 0.15) is 23.6 Å². The smallest absolute Gasteiger partial charge is 0.0564 e. The van der Waals surface area contributed by atoms with Gasteiger partial charge in [-0.3, -0.25) is 0 Å². The molecule has 0 aliphatic carbocycles. The predicted molar refractivity (Wildman–Crippen MR) is 57.7 cm³/mol. The minimum Gasteiger partial charge on any atom is -0.318 e. The van der Waals surface area contributed by atoms with E-state index in [-0.39, 0.29) is 0 Å². The summed E-state index contributed by atoms with van der Waals surface area (Å²) in [5.41, 5.74) is 9.31. The van der Waals surface area contributed by atoms with Crippen molar-refractivity contribution < 1.29 is 0 Å². The van der Waals surface area contributed by atoms with Crippen LogP contribution in [-0.4, -0.2) is 0 Å². The van der Waals surface area contributed by atoms with Crippen LogP contribution < -0.4 is 5.73 Å². The van der Waals surface area contributed by atoms with Crippen molar-refractivity contribution in [1.82, 2.24) is 0 Å². The summed E-state index contributed by atoms with van der Waals surface area (Å²) in [6.07, 6.45) is 1.77. The van der Waals surface area contributed by atoms with E-state index in [1.54, 1.807) is 6.08 Å². The van der Waals surface area contributed by atoms with Crippen LogP contribution in [0.3, 0.4) is 0 Å². The highest BCUT2D eigenvalue weighted by molar-refractivity contribution is 5.35. The van der Waals surface area contributed by atoms with E-state index < -0.39 is 5.54 Å². The van der Waals surface area contributed by atoms with Crippen LogP contribution in [-0.2, 0) is 5.54 Å². The van der Waals surface area contributed by atoms with Crippen LogP contribution in [0.25, 0.3) is 0 Å². The Kier molecular flexibility index (Phi) is 2.58. The third kappa shape index (κ3) is 1.99. The summed E-state index contributed by atoms with van der Waals surface area (Å²) in [4.78, 5) is 0. The van der Waals surface area contributed by atoms with E-state index in [9.17, 15) is 0 Å². The van der Waals surface area contributed by atoms with E-state index >= 15 is 0 Å². The number of hydrogen-bond acceptors (Lipinski definition) is 1. The van der Waals surface area contributed by atoms with Gasteiger partial charge in [0, 0.05) is 0 Å². The van der Waals surface area contributed by atoms with Gasteiger partial charge in [0.05, 0.1) is 5.54 Å². The molecule has 0 saturated carbocycles. The van der Waals surface area contributed by atoms with Gasteiger partial charge in [0.25, 0.3) is 0 Å². The van der Waals surface area contributed by atoms with Crippen molar-refractivity contribution in [2.75, 3.05) is 0 Å². The zero-order chi connectivity index (χ0) is 10.1. The van der Waals surface area contributed by atoms with Crippen LogP contribution >= 0.6 is 0 Å². The first-order valence-electron chi connectivity index (χ1n) is 4.47. The highest BCUT2D eigenvalue weighted by Gasteiger charge is 2.16. The Morgan fingerprint density at radius 1 is 1.31 bits per heavy atom. The topological polar surface area (TPSA) is 26.0 Å². The fourth-order valence-electron chi connectivity index (χ4n) is 1.19. The molecule has 0 aliphatic rings. The highest BCUT2D eigenvalue weighted by Crippen LogP contribution is 2.21. The van der Waals surface area contributed by atoms with Crippen LogP contribution in [0.4, 0.5) is 0 Å². The summed E-state index contributed by atoms with van der Waals surface area (Å²) >= 11 is 0. The summed E-state index contributed by atoms with van der Waals surface area (Å²) in [5.74, 6) is 0. The first-order valence-corrected chi connectivity index (χ1v) is 4.47. The maximum Gasteiger partial charge on any atom is 0.0564 e. The molecule has 2 N–H and O–H groups in total. The van der Waals surface area contributed by atoms with Crippen LogP contribution in [0, 0.1) is 13.8 Å². The van der Waals surface area contributed by atoms with E-state index in [0.29, 0.717) is 0 Å². The maximum atomic E-state index is 6.04. The Bertz CT molecular complexity index is 324. The molecule has 0 heterocycles. The molecule has 1 atom stereocenters. The summed E-state index contributed by atoms with van der Waals surface area (Å²) < 4.78 is 0. The molecule has 0 fully saturated rings. The van der Waals surface area contributed by atoms with Gasteiger partial charge in [-0.2, -0.15) is 0 Å². The Hall–Kier alpha value is -1.08. The van der Waals surface area contributed by atoms with Crippen molar-refractivity contribution in [1.29, 1.82) is 0 Å². The van der Waals surface area contributed by atoms with Crippen molar-refractivity contribution in [2.45, 2.75) is 26.3 Å². The van der Waals surface area contributed by atoms with Gasteiger partial charge in [0.2, 0.25) is 0 Å². The quantitative estimate of drug-likeness (QED) is 0.687. The average Bonchev–Trinajstić information content (AvgIpc) is 2.09. The summed E-state index contributed by atoms with van der Waals surface area (Å²) in [6, 6.07) is 6.28. The third-order valence-corrected chi connectivity index (χ3v) is 2.55. The predicted octanol–water partition coefficient (Wildman–Crippen LogP) is 2.66. The largest absolute Gasteiger partial charge is 0.318 e. The molecule has 1 aromatic rings. The minimum absolute atomic E-state index is 0.418.